The second-order valence-electron chi connectivity index (χ2n) is 3.25. The lowest BCUT2D eigenvalue weighted by Crippen LogP contribution is -2.21. The second-order valence-corrected chi connectivity index (χ2v) is 3.25. The van der Waals surface area contributed by atoms with Gasteiger partial charge < -0.3 is 5.73 Å². The Labute approximate surface area is 76.3 Å². The Balaban J connectivity index is 3.49. The molecule has 2 N–H and O–H groups in total. The highest BCUT2D eigenvalue weighted by Crippen LogP contribution is 2.11. The number of unbranched alkanes of at least 4 members (excludes halogenated alkanes) is 2. The average Bonchev–Trinajstić information content (AvgIpc) is 2.05. The van der Waals surface area contributed by atoms with Gasteiger partial charge in [0.1, 0.15) is 0 Å². The van der Waals surface area contributed by atoms with Crippen molar-refractivity contribution in [2.24, 2.45) is 5.73 Å². The molecule has 0 amide bonds. The van der Waals surface area contributed by atoms with Crippen molar-refractivity contribution in [1.82, 2.24) is 0 Å². The summed E-state index contributed by atoms with van der Waals surface area (Å²) < 4.78 is 0. The van der Waals surface area contributed by atoms with Crippen molar-refractivity contribution in [2.75, 3.05) is 0 Å². The zero-order chi connectivity index (χ0) is 9.40. The lowest BCUT2D eigenvalue weighted by Gasteiger charge is -2.11. The molecule has 0 bridgehead atoms. The first-order chi connectivity index (χ1) is 5.72. The van der Waals surface area contributed by atoms with Crippen LogP contribution in [-0.2, 0) is 0 Å². The lowest BCUT2D eigenvalue weighted by molar-refractivity contribution is 0.664. The predicted molar refractivity (Wildman–Crippen MR) is 56.1 cm³/mol. The second kappa shape index (κ2) is 7.11. The molecule has 12 heavy (non-hydrogen) atoms. The quantitative estimate of drug-likeness (QED) is 0.458. The summed E-state index contributed by atoms with van der Waals surface area (Å²) in [5.41, 5.74) is 7.01. The molecule has 0 aliphatic rings. The van der Waals surface area contributed by atoms with Crippen molar-refractivity contribution in [3.05, 3.63) is 24.8 Å². The summed E-state index contributed by atoms with van der Waals surface area (Å²) in [6.45, 7) is 9.83. The molecule has 0 fully saturated rings. The summed E-state index contributed by atoms with van der Waals surface area (Å²) in [6, 6.07) is 0.124. The molecule has 0 aliphatic heterocycles. The molecular formula is C11H21N. The van der Waals surface area contributed by atoms with Crippen molar-refractivity contribution in [3.63, 3.8) is 0 Å². The minimum absolute atomic E-state index is 0.124. The summed E-state index contributed by atoms with van der Waals surface area (Å²) in [7, 11) is 0. The Morgan fingerprint density at radius 2 is 2.17 bits per heavy atom. The summed E-state index contributed by atoms with van der Waals surface area (Å²) in [6.07, 6.45) is 7.54. The van der Waals surface area contributed by atoms with Gasteiger partial charge in [0.05, 0.1) is 0 Å². The standard InChI is InChI=1S/C11H21N/c1-4-6-7-9-10(3)11(12)8-5-2/h5,11H,2-4,6-9,12H2,1H3. The highest BCUT2D eigenvalue weighted by Gasteiger charge is 2.03. The molecule has 70 valence electrons. The van der Waals surface area contributed by atoms with E-state index in [0.717, 1.165) is 12.8 Å². The van der Waals surface area contributed by atoms with Crippen LogP contribution >= 0.6 is 0 Å². The Hall–Kier alpha value is -0.560. The van der Waals surface area contributed by atoms with Crippen LogP contribution in [0.25, 0.3) is 0 Å². The molecule has 0 aliphatic carbocycles. The van der Waals surface area contributed by atoms with E-state index < -0.39 is 0 Å². The number of hydrogen-bond donors (Lipinski definition) is 1. The molecule has 0 spiro atoms. The smallest absolute Gasteiger partial charge is 0.0285 e. The molecule has 1 atom stereocenters. The highest BCUT2D eigenvalue weighted by molar-refractivity contribution is 5.05. The summed E-state index contributed by atoms with van der Waals surface area (Å²) in [5, 5.41) is 0. The van der Waals surface area contributed by atoms with Crippen LogP contribution in [0.4, 0.5) is 0 Å². The van der Waals surface area contributed by atoms with E-state index in [1.807, 2.05) is 6.08 Å². The largest absolute Gasteiger partial charge is 0.324 e. The monoisotopic (exact) mass is 167 g/mol. The maximum Gasteiger partial charge on any atom is 0.0285 e. The summed E-state index contributed by atoms with van der Waals surface area (Å²) in [5.74, 6) is 0. The van der Waals surface area contributed by atoms with Crippen LogP contribution in [0.15, 0.2) is 24.8 Å². The van der Waals surface area contributed by atoms with Crippen LogP contribution in [0.5, 0.6) is 0 Å². The van der Waals surface area contributed by atoms with Gasteiger partial charge in [0, 0.05) is 6.04 Å². The number of rotatable bonds is 7. The average molecular weight is 167 g/mol. The molecule has 1 unspecified atom stereocenters. The van der Waals surface area contributed by atoms with E-state index in [0.29, 0.717) is 0 Å². The molecule has 0 radical (unpaired) electrons. The molecular weight excluding hydrogens is 146 g/mol. The first-order valence-electron chi connectivity index (χ1n) is 4.76. The normalized spacial score (nSPS) is 12.5. The Bertz CT molecular complexity index is 138. The lowest BCUT2D eigenvalue weighted by atomic mass is 10.0. The van der Waals surface area contributed by atoms with Crippen LogP contribution in [0.2, 0.25) is 0 Å². The van der Waals surface area contributed by atoms with E-state index in [1.165, 1.54) is 24.8 Å². The van der Waals surface area contributed by atoms with Gasteiger partial charge in [-0.25, -0.2) is 0 Å². The third-order valence-corrected chi connectivity index (χ3v) is 2.05. The molecule has 0 saturated heterocycles. The molecule has 0 rings (SSSR count). The van der Waals surface area contributed by atoms with Crippen LogP contribution in [0, 0.1) is 0 Å². The van der Waals surface area contributed by atoms with Crippen molar-refractivity contribution >= 4 is 0 Å². The van der Waals surface area contributed by atoms with E-state index in [1.54, 1.807) is 0 Å². The fourth-order valence-corrected chi connectivity index (χ4v) is 1.13. The van der Waals surface area contributed by atoms with Crippen molar-refractivity contribution < 1.29 is 0 Å². The van der Waals surface area contributed by atoms with Gasteiger partial charge in [0.25, 0.3) is 0 Å². The van der Waals surface area contributed by atoms with Gasteiger partial charge in [-0.2, -0.15) is 0 Å². The van der Waals surface area contributed by atoms with Crippen molar-refractivity contribution in [3.8, 4) is 0 Å². The summed E-state index contributed by atoms with van der Waals surface area (Å²) >= 11 is 0. The third-order valence-electron chi connectivity index (χ3n) is 2.05. The van der Waals surface area contributed by atoms with Gasteiger partial charge in [0.15, 0.2) is 0 Å². The topological polar surface area (TPSA) is 26.0 Å². The Morgan fingerprint density at radius 1 is 1.50 bits per heavy atom. The number of nitrogens with two attached hydrogens (primary N) is 1. The molecule has 0 aromatic carbocycles. The predicted octanol–water partition coefficient (Wildman–Crippen LogP) is 3.03. The molecule has 0 aromatic heterocycles. The first kappa shape index (κ1) is 11.4. The van der Waals surface area contributed by atoms with Crippen molar-refractivity contribution in [2.45, 2.75) is 45.1 Å². The van der Waals surface area contributed by atoms with Gasteiger partial charge in [0.2, 0.25) is 0 Å². The Kier molecular flexibility index (Phi) is 6.78. The van der Waals surface area contributed by atoms with Crippen LogP contribution in [-0.4, -0.2) is 6.04 Å². The fourth-order valence-electron chi connectivity index (χ4n) is 1.13. The third kappa shape index (κ3) is 5.14. The minimum atomic E-state index is 0.124. The molecule has 0 heterocycles. The van der Waals surface area contributed by atoms with E-state index in [9.17, 15) is 0 Å². The minimum Gasteiger partial charge on any atom is -0.324 e. The van der Waals surface area contributed by atoms with E-state index in [-0.39, 0.29) is 6.04 Å². The maximum absolute atomic E-state index is 5.84. The number of hydrogen-bond acceptors (Lipinski definition) is 1. The molecule has 0 aromatic rings. The van der Waals surface area contributed by atoms with Crippen LogP contribution < -0.4 is 5.73 Å². The van der Waals surface area contributed by atoms with E-state index in [2.05, 4.69) is 20.1 Å². The van der Waals surface area contributed by atoms with E-state index in [4.69, 9.17) is 5.73 Å². The van der Waals surface area contributed by atoms with Gasteiger partial charge in [-0.1, -0.05) is 38.0 Å². The summed E-state index contributed by atoms with van der Waals surface area (Å²) in [4.78, 5) is 0. The van der Waals surface area contributed by atoms with E-state index >= 15 is 0 Å². The fraction of sp³-hybridized carbons (Fsp3) is 0.636. The van der Waals surface area contributed by atoms with Crippen LogP contribution in [0.3, 0.4) is 0 Å². The molecule has 1 heteroatoms. The van der Waals surface area contributed by atoms with Gasteiger partial charge >= 0.3 is 0 Å². The first-order valence-corrected chi connectivity index (χ1v) is 4.76. The van der Waals surface area contributed by atoms with Gasteiger partial charge in [-0.15, -0.1) is 6.58 Å². The zero-order valence-corrected chi connectivity index (χ0v) is 8.18. The highest BCUT2D eigenvalue weighted by atomic mass is 14.6. The zero-order valence-electron chi connectivity index (χ0n) is 8.18. The van der Waals surface area contributed by atoms with Gasteiger partial charge in [-0.3, -0.25) is 0 Å². The Morgan fingerprint density at radius 3 is 2.67 bits per heavy atom. The maximum atomic E-state index is 5.84. The SMILES string of the molecule is C=CCC(N)C(=C)CCCCC. The van der Waals surface area contributed by atoms with Gasteiger partial charge in [-0.05, 0) is 19.3 Å². The molecule has 0 saturated carbocycles. The molecule has 1 nitrogen and oxygen atoms in total. The van der Waals surface area contributed by atoms with Crippen LogP contribution in [0.1, 0.15) is 39.0 Å². The van der Waals surface area contributed by atoms with Crippen molar-refractivity contribution in [1.29, 1.82) is 0 Å².